The van der Waals surface area contributed by atoms with E-state index in [-0.39, 0.29) is 18.7 Å². The molecule has 0 aromatic heterocycles. The van der Waals surface area contributed by atoms with Crippen molar-refractivity contribution in [3.8, 4) is 0 Å². The summed E-state index contributed by atoms with van der Waals surface area (Å²) in [5.74, 6) is 0.614. The van der Waals surface area contributed by atoms with Crippen molar-refractivity contribution in [2.75, 3.05) is 32.8 Å². The maximum Gasteiger partial charge on any atom is 0.317 e. The number of likely N-dealkylation sites (tertiary alicyclic amines) is 2. The highest BCUT2D eigenvalue weighted by atomic mass is 16.3. The number of aliphatic hydroxyl groups is 1. The van der Waals surface area contributed by atoms with E-state index in [2.05, 4.69) is 17.1 Å². The number of amides is 2. The Balaban J connectivity index is 1.77. The summed E-state index contributed by atoms with van der Waals surface area (Å²) in [6.07, 6.45) is 7.95. The fourth-order valence-corrected chi connectivity index (χ4v) is 3.93. The number of carbonyl (C=O) groups is 1. The molecule has 5 nitrogen and oxygen atoms in total. The molecule has 2 amide bonds. The van der Waals surface area contributed by atoms with E-state index < -0.39 is 0 Å². The van der Waals surface area contributed by atoms with Gasteiger partial charge in [-0.1, -0.05) is 6.42 Å². The van der Waals surface area contributed by atoms with Gasteiger partial charge in [0.1, 0.15) is 0 Å². The summed E-state index contributed by atoms with van der Waals surface area (Å²) < 4.78 is 0. The van der Waals surface area contributed by atoms with Gasteiger partial charge in [-0.15, -0.1) is 0 Å². The fraction of sp³-hybridized carbons (Fsp3) is 0.944. The van der Waals surface area contributed by atoms with Gasteiger partial charge in [0.05, 0.1) is 0 Å². The first-order valence-corrected chi connectivity index (χ1v) is 9.50. The van der Waals surface area contributed by atoms with Crippen LogP contribution in [0.15, 0.2) is 0 Å². The predicted molar refractivity (Wildman–Crippen MR) is 93.5 cm³/mol. The molecule has 23 heavy (non-hydrogen) atoms. The van der Waals surface area contributed by atoms with Gasteiger partial charge in [0.15, 0.2) is 0 Å². The molecule has 0 aliphatic carbocycles. The molecule has 5 heteroatoms. The molecule has 134 valence electrons. The number of aliphatic hydroxyl groups excluding tert-OH is 1. The minimum absolute atomic E-state index is 0.0758. The van der Waals surface area contributed by atoms with Crippen LogP contribution >= 0.6 is 0 Å². The number of urea groups is 1. The summed E-state index contributed by atoms with van der Waals surface area (Å²) in [4.78, 5) is 17.0. The van der Waals surface area contributed by atoms with E-state index in [9.17, 15) is 4.79 Å². The molecule has 0 aromatic carbocycles. The van der Waals surface area contributed by atoms with Crippen molar-refractivity contribution >= 4 is 6.03 Å². The Kier molecular flexibility index (Phi) is 7.63. The van der Waals surface area contributed by atoms with Crippen molar-refractivity contribution in [1.82, 2.24) is 15.1 Å². The number of hydrogen-bond donors (Lipinski definition) is 2. The number of piperidine rings is 2. The average Bonchev–Trinajstić information content (AvgIpc) is 2.55. The van der Waals surface area contributed by atoms with Gasteiger partial charge in [-0.25, -0.2) is 4.79 Å². The van der Waals surface area contributed by atoms with Crippen LogP contribution in [-0.4, -0.2) is 65.8 Å². The van der Waals surface area contributed by atoms with E-state index in [0.29, 0.717) is 12.0 Å². The first-order valence-electron chi connectivity index (χ1n) is 9.50. The summed E-state index contributed by atoms with van der Waals surface area (Å²) >= 11 is 0. The highest BCUT2D eigenvalue weighted by molar-refractivity contribution is 5.74. The number of nitrogens with one attached hydrogen (secondary N) is 1. The predicted octanol–water partition coefficient (Wildman–Crippen LogP) is 2.44. The molecule has 2 aliphatic heterocycles. The summed E-state index contributed by atoms with van der Waals surface area (Å²) in [6, 6.07) is 0.912. The first-order chi connectivity index (χ1) is 11.1. The van der Waals surface area contributed by atoms with Crippen LogP contribution in [0.25, 0.3) is 0 Å². The van der Waals surface area contributed by atoms with Crippen LogP contribution < -0.4 is 5.32 Å². The monoisotopic (exact) mass is 325 g/mol. The van der Waals surface area contributed by atoms with Gasteiger partial charge >= 0.3 is 6.03 Å². The maximum absolute atomic E-state index is 12.4. The zero-order valence-corrected chi connectivity index (χ0v) is 15.0. The number of carbonyl (C=O) groups excluding carboxylic acids is 1. The Morgan fingerprint density at radius 3 is 2.83 bits per heavy atom. The molecule has 3 unspecified atom stereocenters. The van der Waals surface area contributed by atoms with Crippen LogP contribution in [0.2, 0.25) is 0 Å². The van der Waals surface area contributed by atoms with Gasteiger partial charge in [-0.2, -0.15) is 0 Å². The molecular weight excluding hydrogens is 290 g/mol. The van der Waals surface area contributed by atoms with Gasteiger partial charge in [-0.3, -0.25) is 0 Å². The van der Waals surface area contributed by atoms with E-state index in [0.717, 1.165) is 38.9 Å². The third kappa shape index (κ3) is 5.96. The third-order valence-corrected chi connectivity index (χ3v) is 5.40. The third-order valence-electron chi connectivity index (χ3n) is 5.40. The van der Waals surface area contributed by atoms with Crippen molar-refractivity contribution < 1.29 is 9.90 Å². The van der Waals surface area contributed by atoms with Crippen LogP contribution in [0, 0.1) is 5.92 Å². The molecule has 0 bridgehead atoms. The van der Waals surface area contributed by atoms with Gasteiger partial charge in [-0.05, 0) is 64.8 Å². The van der Waals surface area contributed by atoms with E-state index in [1.165, 1.54) is 32.2 Å². The molecule has 2 aliphatic rings. The molecule has 2 saturated heterocycles. The first kappa shape index (κ1) is 18.5. The Morgan fingerprint density at radius 2 is 2.09 bits per heavy atom. The Bertz CT molecular complexity index is 364. The topological polar surface area (TPSA) is 55.8 Å². The molecule has 0 aromatic rings. The zero-order valence-electron chi connectivity index (χ0n) is 15.0. The Morgan fingerprint density at radius 1 is 1.26 bits per heavy atom. The quantitative estimate of drug-likeness (QED) is 0.789. The van der Waals surface area contributed by atoms with Gasteiger partial charge in [0.2, 0.25) is 0 Å². The van der Waals surface area contributed by atoms with Gasteiger partial charge in [0.25, 0.3) is 0 Å². The van der Waals surface area contributed by atoms with Crippen LogP contribution in [0.3, 0.4) is 0 Å². The van der Waals surface area contributed by atoms with E-state index in [4.69, 9.17) is 5.11 Å². The Hall–Kier alpha value is -0.810. The number of hydrogen-bond acceptors (Lipinski definition) is 3. The second-order valence-electron chi connectivity index (χ2n) is 7.51. The maximum atomic E-state index is 12.4. The van der Waals surface area contributed by atoms with Crippen molar-refractivity contribution in [3.05, 3.63) is 0 Å². The van der Waals surface area contributed by atoms with Crippen molar-refractivity contribution in [3.63, 3.8) is 0 Å². The van der Waals surface area contributed by atoms with Crippen LogP contribution in [-0.2, 0) is 0 Å². The lowest BCUT2D eigenvalue weighted by Gasteiger charge is -2.39. The summed E-state index contributed by atoms with van der Waals surface area (Å²) in [7, 11) is 0. The molecule has 2 N–H and O–H groups in total. The highest BCUT2D eigenvalue weighted by Gasteiger charge is 2.27. The molecular formula is C18H35N3O2. The van der Waals surface area contributed by atoms with E-state index in [1.54, 1.807) is 0 Å². The average molecular weight is 325 g/mol. The van der Waals surface area contributed by atoms with Crippen molar-refractivity contribution in [2.45, 2.75) is 70.9 Å². The molecule has 2 fully saturated rings. The lowest BCUT2D eigenvalue weighted by molar-refractivity contribution is 0.101. The minimum Gasteiger partial charge on any atom is -0.396 e. The van der Waals surface area contributed by atoms with Crippen LogP contribution in [0.1, 0.15) is 58.8 Å². The fourth-order valence-electron chi connectivity index (χ4n) is 3.93. The van der Waals surface area contributed by atoms with Crippen molar-refractivity contribution in [2.24, 2.45) is 5.92 Å². The summed E-state index contributed by atoms with van der Waals surface area (Å²) in [5, 5.41) is 12.0. The van der Waals surface area contributed by atoms with Gasteiger partial charge < -0.3 is 20.2 Å². The van der Waals surface area contributed by atoms with E-state index >= 15 is 0 Å². The van der Waals surface area contributed by atoms with Crippen LogP contribution in [0.4, 0.5) is 4.79 Å². The van der Waals surface area contributed by atoms with E-state index in [1.807, 2.05) is 11.8 Å². The largest absolute Gasteiger partial charge is 0.396 e. The minimum atomic E-state index is 0.0758. The Labute approximate surface area is 141 Å². The number of rotatable bonds is 6. The summed E-state index contributed by atoms with van der Waals surface area (Å²) in [6.45, 7) is 8.69. The lowest BCUT2D eigenvalue weighted by Crippen LogP contribution is -2.50. The normalized spacial score (nSPS) is 27.7. The molecule has 2 rings (SSSR count). The zero-order chi connectivity index (χ0) is 16.7. The second-order valence-corrected chi connectivity index (χ2v) is 7.51. The van der Waals surface area contributed by atoms with Crippen molar-refractivity contribution in [1.29, 1.82) is 0 Å². The second kappa shape index (κ2) is 9.48. The van der Waals surface area contributed by atoms with Crippen LogP contribution in [0.5, 0.6) is 0 Å². The van der Waals surface area contributed by atoms with Gasteiger partial charge in [0, 0.05) is 38.3 Å². The molecule has 2 heterocycles. The highest BCUT2D eigenvalue weighted by Crippen LogP contribution is 2.22. The molecule has 0 radical (unpaired) electrons. The smallest absolute Gasteiger partial charge is 0.317 e. The molecule has 0 saturated carbocycles. The standard InChI is InChI=1S/C18H35N3O2/c1-15(7-6-12-22)19-18(23)21-11-5-9-17(14-21)13-20-10-4-3-8-16(20)2/h15-17,22H,3-14H2,1-2H3,(H,19,23). The SMILES string of the molecule is CC(CCCO)NC(=O)N1CCCC(CN2CCCCC2C)C1. The molecule has 3 atom stereocenters. The lowest BCUT2D eigenvalue weighted by atomic mass is 9.95. The number of nitrogens with zero attached hydrogens (tertiary/aromatic N) is 2. The summed E-state index contributed by atoms with van der Waals surface area (Å²) in [5.41, 5.74) is 0. The molecule has 0 spiro atoms.